The van der Waals surface area contributed by atoms with Gasteiger partial charge in [0, 0.05) is 38.3 Å². The molecule has 0 bridgehead atoms. The number of aromatic nitrogens is 1. The van der Waals surface area contributed by atoms with Crippen LogP contribution in [0.5, 0.6) is 0 Å². The Morgan fingerprint density at radius 2 is 1.59 bits per heavy atom. The first kappa shape index (κ1) is 26.8. The lowest BCUT2D eigenvalue weighted by atomic mass is 10.1. The standard InChI is InChI=1S/C22H19F6N5O3S/c1-12(13-2-4-14(5-3-13)21(23,24)25)30-32-8-6-31(7-9-32)20-29-19(34)16-10-15(22(26,27)28)11-17(33(35)36)18(16)37-20/h2-5,10-12,30H,6-9H2,1H3. The molecule has 1 aromatic heterocycles. The summed E-state index contributed by atoms with van der Waals surface area (Å²) in [6, 6.07) is 5.49. The van der Waals surface area contributed by atoms with E-state index in [4.69, 9.17) is 0 Å². The van der Waals surface area contributed by atoms with Crippen molar-refractivity contribution in [2.45, 2.75) is 25.3 Å². The molecule has 1 N–H and O–H groups in total. The zero-order valence-electron chi connectivity index (χ0n) is 19.1. The number of piperazine rings is 1. The average Bonchev–Trinajstić information content (AvgIpc) is 2.82. The van der Waals surface area contributed by atoms with Crippen LogP contribution in [0.3, 0.4) is 0 Å². The highest BCUT2D eigenvalue weighted by Gasteiger charge is 2.35. The molecule has 1 atom stereocenters. The molecule has 1 aliphatic rings. The highest BCUT2D eigenvalue weighted by atomic mass is 32.1. The van der Waals surface area contributed by atoms with Crippen LogP contribution in [0.1, 0.15) is 29.7 Å². The Labute approximate surface area is 209 Å². The van der Waals surface area contributed by atoms with Gasteiger partial charge in [-0.3, -0.25) is 14.9 Å². The number of benzene rings is 2. The van der Waals surface area contributed by atoms with E-state index in [0.717, 1.165) is 23.5 Å². The van der Waals surface area contributed by atoms with Crippen molar-refractivity contribution < 1.29 is 31.3 Å². The van der Waals surface area contributed by atoms with Gasteiger partial charge in [0.25, 0.3) is 11.2 Å². The average molecular weight is 547 g/mol. The number of non-ortho nitro benzene ring substituents is 1. The third-order valence-corrected chi connectivity index (χ3v) is 7.04. The predicted molar refractivity (Wildman–Crippen MR) is 124 cm³/mol. The van der Waals surface area contributed by atoms with Crippen LogP contribution in [0.2, 0.25) is 0 Å². The molecule has 1 fully saturated rings. The number of halogens is 6. The highest BCUT2D eigenvalue weighted by Crippen LogP contribution is 2.38. The molecule has 3 aromatic rings. The lowest BCUT2D eigenvalue weighted by molar-refractivity contribution is -0.383. The maximum atomic E-state index is 13.2. The quantitative estimate of drug-likeness (QED) is 0.273. The molecule has 15 heteroatoms. The molecule has 1 unspecified atom stereocenters. The highest BCUT2D eigenvalue weighted by molar-refractivity contribution is 7.22. The number of alkyl halides is 6. The van der Waals surface area contributed by atoms with Crippen molar-refractivity contribution in [1.29, 1.82) is 0 Å². The minimum Gasteiger partial charge on any atom is -0.345 e. The van der Waals surface area contributed by atoms with Crippen LogP contribution >= 0.6 is 11.3 Å². The Balaban J connectivity index is 1.48. The lowest BCUT2D eigenvalue weighted by Gasteiger charge is -2.36. The van der Waals surface area contributed by atoms with Gasteiger partial charge >= 0.3 is 12.4 Å². The van der Waals surface area contributed by atoms with Crippen molar-refractivity contribution in [1.82, 2.24) is 15.4 Å². The van der Waals surface area contributed by atoms with Gasteiger partial charge < -0.3 is 4.90 Å². The third-order valence-electron chi connectivity index (χ3n) is 5.88. The van der Waals surface area contributed by atoms with Gasteiger partial charge in [-0.2, -0.15) is 31.3 Å². The fourth-order valence-electron chi connectivity index (χ4n) is 3.91. The Kier molecular flexibility index (Phi) is 7.14. The minimum absolute atomic E-state index is 0.149. The molecular weight excluding hydrogens is 528 g/mol. The summed E-state index contributed by atoms with van der Waals surface area (Å²) in [5.41, 5.74) is -0.0000551. The van der Waals surface area contributed by atoms with Gasteiger partial charge in [-0.1, -0.05) is 23.5 Å². The number of fused-ring (bicyclic) bond motifs is 1. The van der Waals surface area contributed by atoms with Gasteiger partial charge in [-0.05, 0) is 30.7 Å². The van der Waals surface area contributed by atoms with E-state index in [2.05, 4.69) is 10.4 Å². The molecule has 37 heavy (non-hydrogen) atoms. The summed E-state index contributed by atoms with van der Waals surface area (Å²) in [7, 11) is 0. The number of hydrogen-bond acceptors (Lipinski definition) is 8. The third kappa shape index (κ3) is 5.83. The molecule has 1 saturated heterocycles. The summed E-state index contributed by atoms with van der Waals surface area (Å²) < 4.78 is 77.6. The maximum Gasteiger partial charge on any atom is 0.416 e. The Morgan fingerprint density at radius 1 is 1.00 bits per heavy atom. The van der Waals surface area contributed by atoms with Gasteiger partial charge in [0.15, 0.2) is 5.13 Å². The molecular formula is C22H19F6N5O3S. The fraction of sp³-hybridized carbons (Fsp3) is 0.364. The molecule has 2 aromatic carbocycles. The van der Waals surface area contributed by atoms with Crippen LogP contribution in [0.25, 0.3) is 10.1 Å². The van der Waals surface area contributed by atoms with E-state index in [0.29, 0.717) is 43.9 Å². The van der Waals surface area contributed by atoms with E-state index in [-0.39, 0.29) is 15.9 Å². The van der Waals surface area contributed by atoms with Crippen LogP contribution in [-0.2, 0) is 12.4 Å². The minimum atomic E-state index is -4.87. The number of nitrogens with one attached hydrogen (secondary N) is 1. The number of rotatable bonds is 5. The number of hydrogen-bond donors (Lipinski definition) is 1. The summed E-state index contributed by atoms with van der Waals surface area (Å²) in [4.78, 5) is 28.6. The fourth-order valence-corrected chi connectivity index (χ4v) is 5.03. The molecule has 1 aliphatic heterocycles. The van der Waals surface area contributed by atoms with Gasteiger partial charge in [0.2, 0.25) is 0 Å². The lowest BCUT2D eigenvalue weighted by Crippen LogP contribution is -2.52. The summed E-state index contributed by atoms with van der Waals surface area (Å²) in [5, 5.41) is 13.0. The van der Waals surface area contributed by atoms with Gasteiger partial charge in [-0.15, -0.1) is 0 Å². The van der Waals surface area contributed by atoms with Crippen LogP contribution in [0.15, 0.2) is 41.2 Å². The smallest absolute Gasteiger partial charge is 0.345 e. The van der Waals surface area contributed by atoms with Gasteiger partial charge in [0.1, 0.15) is 4.70 Å². The normalized spacial score (nSPS) is 16.2. The Morgan fingerprint density at radius 3 is 2.14 bits per heavy atom. The van der Waals surface area contributed by atoms with E-state index in [1.54, 1.807) is 11.8 Å². The van der Waals surface area contributed by atoms with Gasteiger partial charge in [0.05, 0.1) is 21.4 Å². The molecule has 0 radical (unpaired) electrons. The van der Waals surface area contributed by atoms with E-state index in [1.165, 1.54) is 12.1 Å². The van der Waals surface area contributed by atoms with E-state index < -0.39 is 45.0 Å². The monoisotopic (exact) mass is 547 g/mol. The summed E-state index contributed by atoms with van der Waals surface area (Å²) in [5.74, 6) is 0. The second-order valence-electron chi connectivity index (χ2n) is 8.37. The molecule has 4 rings (SSSR count). The largest absolute Gasteiger partial charge is 0.416 e. The maximum absolute atomic E-state index is 13.2. The van der Waals surface area contributed by atoms with E-state index in [1.807, 2.05) is 5.01 Å². The molecule has 8 nitrogen and oxygen atoms in total. The Hall–Kier alpha value is -3.30. The molecule has 2 heterocycles. The second kappa shape index (κ2) is 9.87. The summed E-state index contributed by atoms with van der Waals surface area (Å²) in [6.07, 6.45) is -9.29. The second-order valence-corrected chi connectivity index (χ2v) is 9.35. The van der Waals surface area contributed by atoms with Crippen molar-refractivity contribution in [2.24, 2.45) is 0 Å². The van der Waals surface area contributed by atoms with Crippen molar-refractivity contribution in [3.63, 3.8) is 0 Å². The topological polar surface area (TPSA) is 91.6 Å². The predicted octanol–water partition coefficient (Wildman–Crippen LogP) is 4.99. The van der Waals surface area contributed by atoms with Crippen LogP contribution in [-0.4, -0.2) is 41.1 Å². The first-order chi connectivity index (χ1) is 17.2. The number of hydrazine groups is 1. The van der Waals surface area contributed by atoms with Crippen LogP contribution in [0.4, 0.5) is 37.2 Å². The van der Waals surface area contributed by atoms with E-state index >= 15 is 0 Å². The molecule has 0 saturated carbocycles. The zero-order valence-corrected chi connectivity index (χ0v) is 19.9. The first-order valence-corrected chi connectivity index (χ1v) is 11.7. The molecule has 0 amide bonds. The van der Waals surface area contributed by atoms with E-state index in [9.17, 15) is 41.3 Å². The van der Waals surface area contributed by atoms with Gasteiger partial charge in [-0.25, -0.2) is 10.4 Å². The summed E-state index contributed by atoms with van der Waals surface area (Å²) >= 11 is 0.772. The SMILES string of the molecule is CC(NN1CCN(c2nc(=O)c3cc(C(F)(F)F)cc([N+](=O)[O-])c3s2)CC1)c1ccc(C(F)(F)F)cc1. The first-order valence-electron chi connectivity index (χ1n) is 10.9. The number of nitro benzene ring substituents is 1. The van der Waals surface area contributed by atoms with Crippen LogP contribution < -0.4 is 15.9 Å². The number of anilines is 1. The number of nitrogens with zero attached hydrogens (tertiary/aromatic N) is 4. The summed E-state index contributed by atoms with van der Waals surface area (Å²) in [6.45, 7) is 3.31. The Bertz CT molecular complexity index is 1370. The molecule has 198 valence electrons. The van der Waals surface area contributed by atoms with Crippen molar-refractivity contribution in [3.8, 4) is 0 Å². The van der Waals surface area contributed by atoms with Crippen molar-refractivity contribution in [3.05, 3.63) is 73.6 Å². The zero-order chi connectivity index (χ0) is 27.1. The molecule has 0 aliphatic carbocycles. The molecule has 0 spiro atoms. The van der Waals surface area contributed by atoms with Crippen LogP contribution in [0, 0.1) is 10.1 Å². The number of nitro groups is 1. The van der Waals surface area contributed by atoms with Crippen molar-refractivity contribution in [2.75, 3.05) is 31.1 Å². The van der Waals surface area contributed by atoms with Crippen molar-refractivity contribution >= 4 is 32.2 Å².